The fourth-order valence-corrected chi connectivity index (χ4v) is 2.49. The smallest absolute Gasteiger partial charge is 0.188 e. The van der Waals surface area contributed by atoms with Crippen LogP contribution in [0.1, 0.15) is 39.0 Å². The summed E-state index contributed by atoms with van der Waals surface area (Å²) in [7, 11) is 0. The number of rotatable bonds is 4. The van der Waals surface area contributed by atoms with Crippen molar-refractivity contribution in [1.82, 2.24) is 5.32 Å². The third kappa shape index (κ3) is 5.30. The summed E-state index contributed by atoms with van der Waals surface area (Å²) >= 11 is 0. The van der Waals surface area contributed by atoms with E-state index in [4.69, 9.17) is 10.5 Å². The second kappa shape index (κ2) is 8.19. The molecule has 18 heavy (non-hydrogen) atoms. The standard InChI is InChI=1S/C13H25N3O.HI/c1-10-7-12(5-6-17-10)9-16-13(14)15-8-11-3-2-4-11;/h10-12H,2-9H2,1H3,(H3,14,15,16);1H. The van der Waals surface area contributed by atoms with Crippen molar-refractivity contribution in [2.75, 3.05) is 19.7 Å². The van der Waals surface area contributed by atoms with Gasteiger partial charge < -0.3 is 15.8 Å². The van der Waals surface area contributed by atoms with Crippen molar-refractivity contribution in [3.63, 3.8) is 0 Å². The van der Waals surface area contributed by atoms with Gasteiger partial charge >= 0.3 is 0 Å². The van der Waals surface area contributed by atoms with Crippen LogP contribution >= 0.6 is 24.0 Å². The Hall–Kier alpha value is -0.0400. The number of nitrogens with zero attached hydrogens (tertiary/aromatic N) is 1. The molecule has 0 aromatic heterocycles. The van der Waals surface area contributed by atoms with Crippen molar-refractivity contribution in [3.05, 3.63) is 0 Å². The Bertz CT molecular complexity index is 269. The molecule has 1 saturated carbocycles. The van der Waals surface area contributed by atoms with Crippen LogP contribution in [0.2, 0.25) is 0 Å². The Morgan fingerprint density at radius 2 is 2.11 bits per heavy atom. The molecule has 106 valence electrons. The SMILES string of the molecule is CC1CC(CN=C(N)NCC2CCC2)CCO1.I. The summed E-state index contributed by atoms with van der Waals surface area (Å²) in [5, 5.41) is 3.23. The number of nitrogens with two attached hydrogens (primary N) is 1. The molecule has 0 amide bonds. The quantitative estimate of drug-likeness (QED) is 0.455. The minimum Gasteiger partial charge on any atom is -0.378 e. The molecule has 0 aromatic carbocycles. The van der Waals surface area contributed by atoms with Gasteiger partial charge in [0.15, 0.2) is 5.96 Å². The van der Waals surface area contributed by atoms with E-state index < -0.39 is 0 Å². The molecule has 2 rings (SSSR count). The van der Waals surface area contributed by atoms with Crippen molar-refractivity contribution in [2.24, 2.45) is 22.6 Å². The molecule has 3 N–H and O–H groups in total. The average Bonchev–Trinajstić information content (AvgIpc) is 2.24. The van der Waals surface area contributed by atoms with Crippen LogP contribution in [0.5, 0.6) is 0 Å². The van der Waals surface area contributed by atoms with E-state index in [0.717, 1.165) is 38.5 Å². The molecule has 1 heterocycles. The summed E-state index contributed by atoms with van der Waals surface area (Å²) in [5.41, 5.74) is 5.86. The van der Waals surface area contributed by atoms with Gasteiger partial charge in [-0.05, 0) is 44.4 Å². The summed E-state index contributed by atoms with van der Waals surface area (Å²) in [6.45, 7) is 4.85. The third-order valence-electron chi connectivity index (χ3n) is 3.91. The molecule has 0 aromatic rings. The average molecular weight is 367 g/mol. The molecular weight excluding hydrogens is 341 g/mol. The fourth-order valence-electron chi connectivity index (χ4n) is 2.49. The van der Waals surface area contributed by atoms with Crippen molar-refractivity contribution >= 4 is 29.9 Å². The van der Waals surface area contributed by atoms with Gasteiger partial charge in [-0.15, -0.1) is 24.0 Å². The minimum absolute atomic E-state index is 0. The number of halogens is 1. The van der Waals surface area contributed by atoms with Gasteiger partial charge in [0, 0.05) is 19.7 Å². The van der Waals surface area contributed by atoms with Gasteiger partial charge in [-0.1, -0.05) is 6.42 Å². The summed E-state index contributed by atoms with van der Waals surface area (Å²) in [6, 6.07) is 0. The van der Waals surface area contributed by atoms with Gasteiger partial charge in [-0.25, -0.2) is 0 Å². The molecule has 1 aliphatic carbocycles. The Kier molecular flexibility index (Phi) is 7.29. The lowest BCUT2D eigenvalue weighted by molar-refractivity contribution is 0.00481. The second-order valence-electron chi connectivity index (χ2n) is 5.48. The lowest BCUT2D eigenvalue weighted by atomic mass is 9.85. The zero-order valence-electron chi connectivity index (χ0n) is 11.2. The zero-order valence-corrected chi connectivity index (χ0v) is 13.6. The molecule has 0 spiro atoms. The molecule has 0 radical (unpaired) electrons. The van der Waals surface area contributed by atoms with E-state index >= 15 is 0 Å². The molecule has 0 bridgehead atoms. The first kappa shape index (κ1) is 16.0. The molecule has 1 aliphatic heterocycles. The number of hydrogen-bond donors (Lipinski definition) is 2. The van der Waals surface area contributed by atoms with E-state index in [1.165, 1.54) is 19.3 Å². The van der Waals surface area contributed by atoms with Crippen LogP contribution in [0.4, 0.5) is 0 Å². The fraction of sp³-hybridized carbons (Fsp3) is 0.923. The van der Waals surface area contributed by atoms with E-state index in [9.17, 15) is 0 Å². The van der Waals surface area contributed by atoms with Gasteiger partial charge in [0.25, 0.3) is 0 Å². The summed E-state index contributed by atoms with van der Waals surface area (Å²) in [5.74, 6) is 2.09. The van der Waals surface area contributed by atoms with Crippen LogP contribution in [-0.2, 0) is 4.74 Å². The third-order valence-corrected chi connectivity index (χ3v) is 3.91. The van der Waals surface area contributed by atoms with Gasteiger partial charge in [-0.3, -0.25) is 4.99 Å². The van der Waals surface area contributed by atoms with Crippen molar-refractivity contribution < 1.29 is 4.74 Å². The first-order valence-electron chi connectivity index (χ1n) is 6.89. The molecular formula is C13H26IN3O. The maximum atomic E-state index is 5.86. The predicted molar refractivity (Wildman–Crippen MR) is 85.4 cm³/mol. The first-order chi connectivity index (χ1) is 8.24. The number of nitrogens with one attached hydrogen (secondary N) is 1. The predicted octanol–water partition coefficient (Wildman–Crippen LogP) is 2.12. The number of hydrogen-bond acceptors (Lipinski definition) is 2. The molecule has 4 nitrogen and oxygen atoms in total. The topological polar surface area (TPSA) is 59.6 Å². The van der Waals surface area contributed by atoms with Gasteiger partial charge in [-0.2, -0.15) is 0 Å². The van der Waals surface area contributed by atoms with Crippen LogP contribution in [0.25, 0.3) is 0 Å². The highest BCUT2D eigenvalue weighted by Gasteiger charge is 2.19. The van der Waals surface area contributed by atoms with E-state index in [1.54, 1.807) is 0 Å². The number of ether oxygens (including phenoxy) is 1. The van der Waals surface area contributed by atoms with Crippen LogP contribution in [-0.4, -0.2) is 31.8 Å². The van der Waals surface area contributed by atoms with Crippen molar-refractivity contribution in [2.45, 2.75) is 45.1 Å². The van der Waals surface area contributed by atoms with Gasteiger partial charge in [0.05, 0.1) is 6.10 Å². The Labute approximate surface area is 127 Å². The lowest BCUT2D eigenvalue weighted by Gasteiger charge is -2.27. The molecule has 2 fully saturated rings. The van der Waals surface area contributed by atoms with E-state index in [0.29, 0.717) is 18.0 Å². The van der Waals surface area contributed by atoms with E-state index in [-0.39, 0.29) is 24.0 Å². The molecule has 1 saturated heterocycles. The monoisotopic (exact) mass is 367 g/mol. The van der Waals surface area contributed by atoms with Crippen molar-refractivity contribution in [3.8, 4) is 0 Å². The summed E-state index contributed by atoms with van der Waals surface area (Å²) in [4.78, 5) is 4.44. The van der Waals surface area contributed by atoms with Crippen LogP contribution in [0.3, 0.4) is 0 Å². The number of aliphatic imine (C=N–C) groups is 1. The highest BCUT2D eigenvalue weighted by molar-refractivity contribution is 14.0. The van der Waals surface area contributed by atoms with E-state index in [1.807, 2.05) is 0 Å². The van der Waals surface area contributed by atoms with Gasteiger partial charge in [0.2, 0.25) is 0 Å². The normalized spacial score (nSPS) is 29.3. The maximum absolute atomic E-state index is 5.86. The minimum atomic E-state index is 0. The zero-order chi connectivity index (χ0) is 12.1. The highest BCUT2D eigenvalue weighted by atomic mass is 127. The Morgan fingerprint density at radius 1 is 1.33 bits per heavy atom. The lowest BCUT2D eigenvalue weighted by Crippen LogP contribution is -2.37. The summed E-state index contributed by atoms with van der Waals surface area (Å²) < 4.78 is 5.52. The maximum Gasteiger partial charge on any atom is 0.188 e. The second-order valence-corrected chi connectivity index (χ2v) is 5.48. The Balaban J connectivity index is 0.00000162. The van der Waals surface area contributed by atoms with E-state index in [2.05, 4.69) is 17.2 Å². The first-order valence-corrected chi connectivity index (χ1v) is 6.89. The largest absolute Gasteiger partial charge is 0.378 e. The molecule has 5 heteroatoms. The van der Waals surface area contributed by atoms with Crippen LogP contribution in [0.15, 0.2) is 4.99 Å². The molecule has 2 unspecified atom stereocenters. The Morgan fingerprint density at radius 3 is 2.72 bits per heavy atom. The summed E-state index contributed by atoms with van der Waals surface area (Å²) in [6.07, 6.45) is 6.68. The number of guanidine groups is 1. The van der Waals surface area contributed by atoms with Crippen LogP contribution in [0, 0.1) is 11.8 Å². The van der Waals surface area contributed by atoms with Crippen LogP contribution < -0.4 is 11.1 Å². The van der Waals surface area contributed by atoms with Gasteiger partial charge in [0.1, 0.15) is 0 Å². The molecule has 2 aliphatic rings. The van der Waals surface area contributed by atoms with Crippen molar-refractivity contribution in [1.29, 1.82) is 0 Å². The molecule has 2 atom stereocenters. The highest BCUT2D eigenvalue weighted by Crippen LogP contribution is 2.25.